The van der Waals surface area contributed by atoms with Gasteiger partial charge in [0.15, 0.2) is 11.5 Å². The number of Topliss-reactive ketones (excluding diaryl/α,β-unsaturated/α-hetero) is 1. The van der Waals surface area contributed by atoms with E-state index in [-0.39, 0.29) is 42.8 Å². The molecule has 4 atom stereocenters. The molecule has 316 valence electrons. The second-order valence-electron chi connectivity index (χ2n) is 16.7. The molecule has 0 spiro atoms. The zero-order valence-corrected chi connectivity index (χ0v) is 35.3. The molecule has 2 unspecified atom stereocenters. The molecule has 1 saturated heterocycles. The van der Waals surface area contributed by atoms with Gasteiger partial charge in [-0.2, -0.15) is 0 Å². The average Bonchev–Trinajstić information content (AvgIpc) is 3.67. The van der Waals surface area contributed by atoms with E-state index in [0.717, 1.165) is 68.6 Å². The molecule has 56 heavy (non-hydrogen) atoms. The Morgan fingerprint density at radius 2 is 1.29 bits per heavy atom. The molecule has 2 N–H and O–H groups in total. The third kappa shape index (κ3) is 15.3. The maximum atomic E-state index is 13.8. The summed E-state index contributed by atoms with van der Waals surface area (Å²) in [5.74, 6) is 0.458. The number of ether oxygens (including phenoxy) is 3. The number of methoxy groups -OCH3 is 1. The van der Waals surface area contributed by atoms with Crippen LogP contribution in [-0.2, 0) is 30.3 Å². The predicted octanol–water partition coefficient (Wildman–Crippen LogP) is 9.45. The Balaban J connectivity index is 1.26. The lowest BCUT2D eigenvalue weighted by atomic mass is 9.81. The number of fused-ring (bicyclic) bond motifs is 4. The van der Waals surface area contributed by atoms with Gasteiger partial charge in [0.2, 0.25) is 18.6 Å². The minimum Gasteiger partial charge on any atom is -0.467 e. The molecule has 3 heterocycles. The normalized spacial score (nSPS) is 18.5. The number of esters is 1. The van der Waals surface area contributed by atoms with Gasteiger partial charge in [-0.05, 0) is 48.9 Å². The van der Waals surface area contributed by atoms with Crippen molar-refractivity contribution in [2.75, 3.05) is 27.0 Å². The second-order valence-corrected chi connectivity index (χ2v) is 16.7. The first kappa shape index (κ1) is 45.6. The van der Waals surface area contributed by atoms with E-state index in [4.69, 9.17) is 14.2 Å². The van der Waals surface area contributed by atoms with Crippen LogP contribution in [0.15, 0.2) is 12.1 Å². The molecule has 1 fully saturated rings. The molecule has 0 bridgehead atoms. The number of carbonyl (C=O) groups is 4. The fourth-order valence-electron chi connectivity index (χ4n) is 8.77. The van der Waals surface area contributed by atoms with Crippen LogP contribution in [0.1, 0.15) is 192 Å². The Morgan fingerprint density at radius 3 is 1.86 bits per heavy atom. The Morgan fingerprint density at radius 1 is 0.750 bits per heavy atom. The molecule has 0 saturated carbocycles. The lowest BCUT2D eigenvalue weighted by Crippen LogP contribution is -2.52. The summed E-state index contributed by atoms with van der Waals surface area (Å²) in [6.07, 6.45) is 26.6. The zero-order chi connectivity index (χ0) is 40.0. The number of ketones is 1. The number of carbonyl (C=O) groups excluding carboxylic acids is 4. The molecular weight excluding hydrogens is 707 g/mol. The summed E-state index contributed by atoms with van der Waals surface area (Å²) in [5.41, 5.74) is 2.36. The monoisotopic (exact) mass is 782 g/mol. The minimum absolute atomic E-state index is 0.0167. The molecule has 3 aliphatic rings. The smallest absolute Gasteiger partial charge is 0.328 e. The lowest BCUT2D eigenvalue weighted by molar-refractivity contribution is -0.145. The first-order valence-electron chi connectivity index (χ1n) is 22.7. The zero-order valence-electron chi connectivity index (χ0n) is 35.3. The van der Waals surface area contributed by atoms with Gasteiger partial charge in [0.05, 0.1) is 7.11 Å². The van der Waals surface area contributed by atoms with Crippen molar-refractivity contribution in [3.8, 4) is 11.5 Å². The number of amides is 2. The van der Waals surface area contributed by atoms with E-state index in [1.54, 1.807) is 0 Å². The van der Waals surface area contributed by atoms with Gasteiger partial charge < -0.3 is 24.8 Å². The highest BCUT2D eigenvalue weighted by Crippen LogP contribution is 2.43. The maximum Gasteiger partial charge on any atom is 0.328 e. The minimum atomic E-state index is -0.741. The Hall–Kier alpha value is -3.14. The number of benzene rings is 1. The van der Waals surface area contributed by atoms with Crippen molar-refractivity contribution in [2.24, 2.45) is 5.92 Å². The number of rotatable bonds is 29. The number of unbranched alkanes of at least 4 members (excludes halogenated alkanes) is 18. The topological polar surface area (TPSA) is 123 Å². The van der Waals surface area contributed by atoms with Crippen molar-refractivity contribution in [3.63, 3.8) is 0 Å². The van der Waals surface area contributed by atoms with Crippen molar-refractivity contribution in [1.82, 2.24) is 15.5 Å². The number of hydrogen-bond acceptors (Lipinski definition) is 8. The molecule has 0 aromatic heterocycles. The van der Waals surface area contributed by atoms with E-state index >= 15 is 0 Å². The number of nitrogens with one attached hydrogen (secondary N) is 2. The summed E-state index contributed by atoms with van der Waals surface area (Å²) in [5, 5.41) is 5.96. The summed E-state index contributed by atoms with van der Waals surface area (Å²) < 4.78 is 16.3. The number of piperidine rings is 1. The van der Waals surface area contributed by atoms with Crippen LogP contribution in [0.3, 0.4) is 0 Å². The van der Waals surface area contributed by atoms with Crippen LogP contribution < -0.4 is 20.1 Å². The van der Waals surface area contributed by atoms with Crippen molar-refractivity contribution >= 4 is 23.6 Å². The highest BCUT2D eigenvalue weighted by atomic mass is 16.7. The van der Waals surface area contributed by atoms with E-state index in [9.17, 15) is 19.2 Å². The van der Waals surface area contributed by atoms with Crippen LogP contribution in [0.5, 0.6) is 11.5 Å². The molecule has 10 heteroatoms. The van der Waals surface area contributed by atoms with Crippen LogP contribution in [0.2, 0.25) is 0 Å². The Labute approximate surface area is 338 Å². The van der Waals surface area contributed by atoms with Gasteiger partial charge >= 0.3 is 5.97 Å². The van der Waals surface area contributed by atoms with Gasteiger partial charge in [0.1, 0.15) is 17.9 Å². The van der Waals surface area contributed by atoms with E-state index in [1.165, 1.54) is 103 Å². The summed E-state index contributed by atoms with van der Waals surface area (Å²) >= 11 is 0. The van der Waals surface area contributed by atoms with Gasteiger partial charge in [-0.1, -0.05) is 142 Å². The van der Waals surface area contributed by atoms with Crippen molar-refractivity contribution in [1.29, 1.82) is 0 Å². The largest absolute Gasteiger partial charge is 0.467 e. The summed E-state index contributed by atoms with van der Waals surface area (Å²) in [7, 11) is 1.36. The van der Waals surface area contributed by atoms with Gasteiger partial charge in [-0.3, -0.25) is 19.3 Å². The van der Waals surface area contributed by atoms with E-state index < -0.39 is 18.1 Å². The molecule has 1 aromatic carbocycles. The molecule has 2 amide bonds. The Kier molecular flexibility index (Phi) is 21.1. The highest BCUT2D eigenvalue weighted by molar-refractivity contribution is 5.91. The lowest BCUT2D eigenvalue weighted by Gasteiger charge is -2.43. The summed E-state index contributed by atoms with van der Waals surface area (Å²) in [6.45, 7) is 6.17. The van der Waals surface area contributed by atoms with Crippen LogP contribution in [0.25, 0.3) is 0 Å². The van der Waals surface area contributed by atoms with Crippen molar-refractivity contribution < 1.29 is 33.4 Å². The van der Waals surface area contributed by atoms with Crippen LogP contribution in [0, 0.1) is 5.92 Å². The third-order valence-electron chi connectivity index (χ3n) is 12.3. The fraction of sp³-hybridized carbons (Fsp3) is 0.783. The molecule has 0 radical (unpaired) electrons. The van der Waals surface area contributed by atoms with Crippen LogP contribution >= 0.6 is 0 Å². The first-order valence-corrected chi connectivity index (χ1v) is 22.7. The molecule has 4 rings (SSSR count). The fourth-order valence-corrected chi connectivity index (χ4v) is 8.77. The molecule has 3 aliphatic heterocycles. The Bertz CT molecular complexity index is 1350. The van der Waals surface area contributed by atoms with E-state index in [0.29, 0.717) is 32.2 Å². The van der Waals surface area contributed by atoms with Crippen LogP contribution in [0.4, 0.5) is 0 Å². The first-order chi connectivity index (χ1) is 27.3. The number of hydrogen-bond donors (Lipinski definition) is 2. The quantitative estimate of drug-likeness (QED) is 0.0609. The van der Waals surface area contributed by atoms with Crippen molar-refractivity contribution in [3.05, 3.63) is 23.3 Å². The van der Waals surface area contributed by atoms with Gasteiger partial charge in [0.25, 0.3) is 0 Å². The van der Waals surface area contributed by atoms with Gasteiger partial charge in [-0.15, -0.1) is 0 Å². The van der Waals surface area contributed by atoms with E-state index in [1.807, 2.05) is 6.07 Å². The second kappa shape index (κ2) is 26.0. The van der Waals surface area contributed by atoms with Crippen LogP contribution in [-0.4, -0.2) is 67.5 Å². The summed E-state index contributed by atoms with van der Waals surface area (Å²) in [6, 6.07) is 2.63. The molecular formula is C46H75N3O7. The van der Waals surface area contributed by atoms with E-state index in [2.05, 4.69) is 35.4 Å². The SMILES string of the molecule is CCCCCCCCCCCCC(NC(=O)CC[C@H]1CN2CCc3cc4c(cc3[C@@H]2CC1=O)OCO4)C(=O)NC(CCCCCCCCCCCC)C(=O)OC. The maximum absolute atomic E-state index is 13.8. The molecule has 0 aliphatic carbocycles. The molecule has 10 nitrogen and oxygen atoms in total. The molecule has 1 aromatic rings. The average molecular weight is 782 g/mol. The standard InChI is InChI=1S/C46H75N3O7/c1-4-6-8-10-12-14-16-18-20-22-24-38(45(52)48-39(46(53)54-3)25-23-21-19-17-15-13-11-9-7-5-2)47-44(51)27-26-36-33-49-29-28-35-30-42-43(56-34-55-42)31-37(35)40(49)32-41(36)50/h30-31,36,38-40H,4-29,32-34H2,1-3H3,(H,47,51)(H,48,52)/t36-,38?,39?,40-/m0/s1. The third-order valence-corrected chi connectivity index (χ3v) is 12.3. The van der Waals surface area contributed by atoms with Gasteiger partial charge in [-0.25, -0.2) is 4.79 Å². The van der Waals surface area contributed by atoms with Crippen molar-refractivity contribution in [2.45, 2.75) is 199 Å². The highest BCUT2D eigenvalue weighted by Gasteiger charge is 2.39. The predicted molar refractivity (Wildman–Crippen MR) is 222 cm³/mol. The number of nitrogens with zero attached hydrogens (tertiary/aromatic N) is 1. The van der Waals surface area contributed by atoms with Gasteiger partial charge in [0, 0.05) is 37.9 Å². The summed E-state index contributed by atoms with van der Waals surface area (Å²) in [4.78, 5) is 55.8.